The molecule has 0 spiro atoms. The van der Waals surface area contributed by atoms with Crippen LogP contribution in [0.5, 0.6) is 0 Å². The van der Waals surface area contributed by atoms with Crippen molar-refractivity contribution in [3.8, 4) is 11.4 Å². The number of carbonyl (C=O) groups excluding carboxylic acids is 1. The van der Waals surface area contributed by atoms with Gasteiger partial charge >= 0.3 is 6.18 Å². The van der Waals surface area contributed by atoms with Gasteiger partial charge in [-0.05, 0) is 36.4 Å². The molecular weight excluding hydrogens is 383 g/mol. The van der Waals surface area contributed by atoms with Gasteiger partial charge in [0.25, 0.3) is 0 Å². The third-order valence-corrected chi connectivity index (χ3v) is 3.85. The molecule has 0 unspecified atom stereocenters. The number of anilines is 1. The topological polar surface area (TPSA) is 68.0 Å². The highest BCUT2D eigenvalue weighted by atomic mass is 35.5. The Balaban J connectivity index is 1.55. The first-order valence-corrected chi connectivity index (χ1v) is 8.25. The number of halogens is 4. The molecule has 0 bridgehead atoms. The predicted molar refractivity (Wildman–Crippen MR) is 93.1 cm³/mol. The second-order valence-corrected chi connectivity index (χ2v) is 6.08. The molecule has 0 saturated carbocycles. The number of rotatable bonds is 5. The number of aromatic nitrogens is 2. The van der Waals surface area contributed by atoms with Crippen molar-refractivity contribution < 1.29 is 22.5 Å². The van der Waals surface area contributed by atoms with Gasteiger partial charge in [0.15, 0.2) is 0 Å². The Morgan fingerprint density at radius 1 is 1.15 bits per heavy atom. The quantitative estimate of drug-likeness (QED) is 0.661. The standard InChI is InChI=1S/C18H13ClF3N3O2/c19-13-3-1-2-11(10-13)17-24-16(27-25-17)9-8-15(26)23-14-6-4-12(5-7-14)18(20,21)22/h1-7,10H,8-9H2,(H,23,26). The number of hydrogen-bond acceptors (Lipinski definition) is 4. The van der Waals surface area contributed by atoms with E-state index in [0.29, 0.717) is 16.4 Å². The Morgan fingerprint density at radius 2 is 1.89 bits per heavy atom. The van der Waals surface area contributed by atoms with E-state index in [9.17, 15) is 18.0 Å². The minimum Gasteiger partial charge on any atom is -0.339 e. The van der Waals surface area contributed by atoms with Crippen LogP contribution in [0.1, 0.15) is 17.9 Å². The highest BCUT2D eigenvalue weighted by molar-refractivity contribution is 6.30. The van der Waals surface area contributed by atoms with Crippen molar-refractivity contribution in [3.05, 3.63) is 65.0 Å². The lowest BCUT2D eigenvalue weighted by Crippen LogP contribution is -2.13. The molecule has 0 aliphatic rings. The summed E-state index contributed by atoms with van der Waals surface area (Å²) in [6.45, 7) is 0. The lowest BCUT2D eigenvalue weighted by molar-refractivity contribution is -0.137. The molecule has 3 aromatic rings. The van der Waals surface area contributed by atoms with E-state index in [1.54, 1.807) is 24.3 Å². The normalized spacial score (nSPS) is 11.4. The van der Waals surface area contributed by atoms with Gasteiger partial charge in [0.2, 0.25) is 17.6 Å². The van der Waals surface area contributed by atoms with Crippen LogP contribution in [-0.2, 0) is 17.4 Å². The first-order valence-electron chi connectivity index (χ1n) is 7.87. The highest BCUT2D eigenvalue weighted by Gasteiger charge is 2.29. The number of nitrogens with one attached hydrogen (secondary N) is 1. The molecule has 2 aromatic carbocycles. The van der Waals surface area contributed by atoms with Crippen LogP contribution in [-0.4, -0.2) is 16.0 Å². The van der Waals surface area contributed by atoms with Crippen molar-refractivity contribution in [1.82, 2.24) is 10.1 Å². The number of hydrogen-bond donors (Lipinski definition) is 1. The van der Waals surface area contributed by atoms with Crippen LogP contribution in [0, 0.1) is 0 Å². The van der Waals surface area contributed by atoms with E-state index in [2.05, 4.69) is 15.5 Å². The van der Waals surface area contributed by atoms with Crippen molar-refractivity contribution >= 4 is 23.2 Å². The Bertz CT molecular complexity index is 940. The number of amides is 1. The van der Waals surface area contributed by atoms with Crippen LogP contribution >= 0.6 is 11.6 Å². The molecule has 1 N–H and O–H groups in total. The minimum absolute atomic E-state index is 0.0399. The van der Waals surface area contributed by atoms with Crippen LogP contribution in [0.4, 0.5) is 18.9 Å². The zero-order chi connectivity index (χ0) is 19.4. The maximum Gasteiger partial charge on any atom is 0.416 e. The summed E-state index contributed by atoms with van der Waals surface area (Å²) in [7, 11) is 0. The monoisotopic (exact) mass is 395 g/mol. The zero-order valence-corrected chi connectivity index (χ0v) is 14.5. The number of carbonyl (C=O) groups is 1. The maximum atomic E-state index is 12.5. The van der Waals surface area contributed by atoms with Crippen LogP contribution in [0.3, 0.4) is 0 Å². The first kappa shape index (κ1) is 18.9. The van der Waals surface area contributed by atoms with Gasteiger partial charge < -0.3 is 9.84 Å². The van der Waals surface area contributed by atoms with Gasteiger partial charge in [-0.25, -0.2) is 0 Å². The van der Waals surface area contributed by atoms with Gasteiger partial charge in [0, 0.05) is 29.1 Å². The number of nitrogens with zero attached hydrogens (tertiary/aromatic N) is 2. The molecule has 0 saturated heterocycles. The van der Waals surface area contributed by atoms with Crippen molar-refractivity contribution in [2.45, 2.75) is 19.0 Å². The molecule has 0 radical (unpaired) electrons. The molecule has 9 heteroatoms. The van der Waals surface area contributed by atoms with Crippen molar-refractivity contribution in [2.75, 3.05) is 5.32 Å². The van der Waals surface area contributed by atoms with E-state index in [0.717, 1.165) is 12.1 Å². The van der Waals surface area contributed by atoms with E-state index in [1.807, 2.05) is 0 Å². The summed E-state index contributed by atoms with van der Waals surface area (Å²) in [6.07, 6.45) is -4.18. The molecule has 1 amide bonds. The van der Waals surface area contributed by atoms with E-state index in [1.165, 1.54) is 12.1 Å². The van der Waals surface area contributed by atoms with Gasteiger partial charge in [0.05, 0.1) is 5.56 Å². The average molecular weight is 396 g/mol. The van der Waals surface area contributed by atoms with Gasteiger partial charge in [-0.2, -0.15) is 18.2 Å². The summed E-state index contributed by atoms with van der Waals surface area (Å²) in [6, 6.07) is 11.2. The number of benzene rings is 2. The summed E-state index contributed by atoms with van der Waals surface area (Å²) < 4.78 is 42.7. The van der Waals surface area contributed by atoms with Crippen molar-refractivity contribution in [1.29, 1.82) is 0 Å². The molecular formula is C18H13ClF3N3O2. The predicted octanol–water partition coefficient (Wildman–Crippen LogP) is 4.98. The molecule has 0 fully saturated rings. The fourth-order valence-electron chi connectivity index (χ4n) is 2.29. The summed E-state index contributed by atoms with van der Waals surface area (Å²) in [5.74, 6) is 0.250. The molecule has 1 heterocycles. The largest absolute Gasteiger partial charge is 0.416 e. The summed E-state index contributed by atoms with van der Waals surface area (Å²) in [5.41, 5.74) is 0.185. The molecule has 1 aromatic heterocycles. The smallest absolute Gasteiger partial charge is 0.339 e. The van der Waals surface area contributed by atoms with Crippen molar-refractivity contribution in [2.24, 2.45) is 0 Å². The first-order chi connectivity index (χ1) is 12.8. The fourth-order valence-corrected chi connectivity index (χ4v) is 2.48. The molecule has 27 heavy (non-hydrogen) atoms. The summed E-state index contributed by atoms with van der Waals surface area (Å²) >= 11 is 5.91. The van der Waals surface area contributed by atoms with Crippen LogP contribution in [0.15, 0.2) is 53.1 Å². The lowest BCUT2D eigenvalue weighted by Gasteiger charge is -2.08. The third kappa shape index (κ3) is 5.07. The second kappa shape index (κ2) is 7.79. The Hall–Kier alpha value is -2.87. The lowest BCUT2D eigenvalue weighted by atomic mass is 10.2. The van der Waals surface area contributed by atoms with E-state index in [4.69, 9.17) is 16.1 Å². The van der Waals surface area contributed by atoms with E-state index < -0.39 is 11.7 Å². The average Bonchev–Trinajstić information content (AvgIpc) is 3.09. The molecule has 3 rings (SSSR count). The summed E-state index contributed by atoms with van der Waals surface area (Å²) in [4.78, 5) is 16.1. The Kier molecular flexibility index (Phi) is 5.46. The van der Waals surface area contributed by atoms with Crippen LogP contribution < -0.4 is 5.32 Å². The second-order valence-electron chi connectivity index (χ2n) is 5.65. The van der Waals surface area contributed by atoms with Crippen molar-refractivity contribution in [3.63, 3.8) is 0 Å². The molecule has 140 valence electrons. The van der Waals surface area contributed by atoms with E-state index >= 15 is 0 Å². The molecule has 0 aliphatic carbocycles. The molecule has 5 nitrogen and oxygen atoms in total. The summed E-state index contributed by atoms with van der Waals surface area (Å²) in [5, 5.41) is 6.90. The minimum atomic E-state index is -4.42. The van der Waals surface area contributed by atoms with E-state index in [-0.39, 0.29) is 30.3 Å². The zero-order valence-electron chi connectivity index (χ0n) is 13.8. The molecule has 0 atom stereocenters. The number of aryl methyl sites for hydroxylation is 1. The Labute approximate surface area is 157 Å². The SMILES string of the molecule is O=C(CCc1nc(-c2cccc(Cl)c2)no1)Nc1ccc(C(F)(F)F)cc1. The Morgan fingerprint density at radius 3 is 2.56 bits per heavy atom. The third-order valence-electron chi connectivity index (χ3n) is 3.61. The van der Waals surface area contributed by atoms with Gasteiger partial charge in [0.1, 0.15) is 0 Å². The molecule has 0 aliphatic heterocycles. The highest BCUT2D eigenvalue weighted by Crippen LogP contribution is 2.29. The number of alkyl halides is 3. The van der Waals surface area contributed by atoms with Gasteiger partial charge in [-0.3, -0.25) is 4.79 Å². The van der Waals surface area contributed by atoms with Crippen LogP contribution in [0.25, 0.3) is 11.4 Å². The van der Waals surface area contributed by atoms with Crippen LogP contribution in [0.2, 0.25) is 5.02 Å². The fraction of sp³-hybridized carbons (Fsp3) is 0.167. The van der Waals surface area contributed by atoms with Gasteiger partial charge in [-0.15, -0.1) is 0 Å². The maximum absolute atomic E-state index is 12.5. The van der Waals surface area contributed by atoms with Gasteiger partial charge in [-0.1, -0.05) is 28.9 Å².